The van der Waals surface area contributed by atoms with Crippen molar-refractivity contribution < 1.29 is 28.8 Å². The minimum Gasteiger partial charge on any atom is -0.465 e. The van der Waals surface area contributed by atoms with Crippen molar-refractivity contribution in [1.82, 2.24) is 0 Å². The van der Waals surface area contributed by atoms with Crippen molar-refractivity contribution in [3.05, 3.63) is 75.3 Å². The summed E-state index contributed by atoms with van der Waals surface area (Å²) < 4.78 is 9.51. The van der Waals surface area contributed by atoms with E-state index in [1.807, 2.05) is 0 Å². The highest BCUT2D eigenvalue weighted by Crippen LogP contribution is 2.31. The molecule has 0 saturated heterocycles. The van der Waals surface area contributed by atoms with Crippen molar-refractivity contribution >= 4 is 23.4 Å². The maximum atomic E-state index is 12.9. The van der Waals surface area contributed by atoms with E-state index in [1.54, 1.807) is 25.1 Å². The van der Waals surface area contributed by atoms with E-state index in [-0.39, 0.29) is 23.3 Å². The number of nitro benzene ring substituents is 1. The van der Waals surface area contributed by atoms with Crippen molar-refractivity contribution in [2.24, 2.45) is 0 Å². The van der Waals surface area contributed by atoms with Crippen LogP contribution in [0.4, 0.5) is 5.69 Å². The van der Waals surface area contributed by atoms with Crippen LogP contribution in [0.3, 0.4) is 0 Å². The minimum atomic E-state index is -1.53. The van der Waals surface area contributed by atoms with Crippen molar-refractivity contribution in [2.75, 3.05) is 13.7 Å². The zero-order valence-electron chi connectivity index (χ0n) is 14.7. The first kappa shape index (κ1) is 19.8. The lowest BCUT2D eigenvalue weighted by Crippen LogP contribution is -2.25. The first-order valence-corrected chi connectivity index (χ1v) is 8.03. The third-order valence-corrected chi connectivity index (χ3v) is 3.80. The molecule has 27 heavy (non-hydrogen) atoms. The van der Waals surface area contributed by atoms with Crippen molar-refractivity contribution in [1.29, 1.82) is 0 Å². The number of nitrogens with zero attached hydrogens (tertiary/aromatic N) is 1. The van der Waals surface area contributed by atoms with Gasteiger partial charge in [-0.3, -0.25) is 19.7 Å². The average molecular weight is 371 g/mol. The van der Waals surface area contributed by atoms with Crippen molar-refractivity contribution in [3.8, 4) is 0 Å². The summed E-state index contributed by atoms with van der Waals surface area (Å²) in [7, 11) is 1.14. The monoisotopic (exact) mass is 371 g/mol. The third-order valence-electron chi connectivity index (χ3n) is 3.80. The maximum Gasteiger partial charge on any atom is 0.338 e. The van der Waals surface area contributed by atoms with Crippen LogP contribution in [0.5, 0.6) is 0 Å². The number of carbonyl (C=O) groups excluding carboxylic acids is 3. The lowest BCUT2D eigenvalue weighted by molar-refractivity contribution is -0.385. The Bertz CT molecular complexity index is 877. The second kappa shape index (κ2) is 8.70. The summed E-state index contributed by atoms with van der Waals surface area (Å²) in [5, 5.41) is 11.5. The summed E-state index contributed by atoms with van der Waals surface area (Å²) in [5.41, 5.74) is -0.551. The Morgan fingerprint density at radius 1 is 1.07 bits per heavy atom. The molecule has 0 aliphatic rings. The highest BCUT2D eigenvalue weighted by Gasteiger charge is 2.36. The van der Waals surface area contributed by atoms with Gasteiger partial charge in [-0.05, 0) is 19.1 Å². The van der Waals surface area contributed by atoms with Crippen molar-refractivity contribution in [2.45, 2.75) is 12.8 Å². The van der Waals surface area contributed by atoms with Crippen LogP contribution in [-0.2, 0) is 14.3 Å². The molecule has 0 aromatic heterocycles. The molecule has 0 heterocycles. The molecule has 8 heteroatoms. The number of Topliss-reactive ketones (excluding diaryl/α,β-unsaturated/α-hetero) is 1. The first-order chi connectivity index (χ1) is 12.9. The second-order valence-electron chi connectivity index (χ2n) is 5.44. The zero-order valence-corrected chi connectivity index (χ0v) is 14.7. The van der Waals surface area contributed by atoms with Crippen molar-refractivity contribution in [3.63, 3.8) is 0 Å². The van der Waals surface area contributed by atoms with Gasteiger partial charge < -0.3 is 9.47 Å². The number of nitro groups is 1. The number of hydrogen-bond donors (Lipinski definition) is 0. The van der Waals surface area contributed by atoms with E-state index in [0.29, 0.717) is 0 Å². The summed E-state index contributed by atoms with van der Waals surface area (Å²) in [6.07, 6.45) is 0. The number of methoxy groups -OCH3 is 1. The largest absolute Gasteiger partial charge is 0.465 e. The van der Waals surface area contributed by atoms with Crippen LogP contribution in [0.15, 0.2) is 48.5 Å². The van der Waals surface area contributed by atoms with Gasteiger partial charge in [0.05, 0.1) is 29.8 Å². The molecule has 140 valence electrons. The maximum absolute atomic E-state index is 12.9. The number of benzene rings is 2. The summed E-state index contributed by atoms with van der Waals surface area (Å²) in [6.45, 7) is 1.57. The lowest BCUT2D eigenvalue weighted by atomic mass is 9.89. The van der Waals surface area contributed by atoms with Crippen LogP contribution in [0.1, 0.15) is 39.1 Å². The van der Waals surface area contributed by atoms with E-state index >= 15 is 0 Å². The van der Waals surface area contributed by atoms with Crippen LogP contribution in [0, 0.1) is 10.1 Å². The predicted molar refractivity (Wildman–Crippen MR) is 94.6 cm³/mol. The summed E-state index contributed by atoms with van der Waals surface area (Å²) in [6, 6.07) is 11.4. The number of carbonyl (C=O) groups is 3. The Labute approximate surface area is 154 Å². The van der Waals surface area contributed by atoms with Gasteiger partial charge in [-0.25, -0.2) is 4.79 Å². The molecule has 0 bridgehead atoms. The van der Waals surface area contributed by atoms with Gasteiger partial charge in [0, 0.05) is 11.6 Å². The highest BCUT2D eigenvalue weighted by atomic mass is 16.6. The van der Waals surface area contributed by atoms with Gasteiger partial charge in [-0.1, -0.05) is 30.3 Å². The topological polar surface area (TPSA) is 113 Å². The molecule has 8 nitrogen and oxygen atoms in total. The number of hydrogen-bond acceptors (Lipinski definition) is 7. The van der Waals surface area contributed by atoms with E-state index < -0.39 is 34.3 Å². The zero-order chi connectivity index (χ0) is 20.0. The molecule has 2 aromatic carbocycles. The molecule has 0 radical (unpaired) electrons. The van der Waals surface area contributed by atoms with Crippen LogP contribution < -0.4 is 0 Å². The van der Waals surface area contributed by atoms with Gasteiger partial charge in [-0.15, -0.1) is 0 Å². The predicted octanol–water partition coefficient (Wildman–Crippen LogP) is 2.91. The van der Waals surface area contributed by atoms with Crippen LogP contribution in [0.2, 0.25) is 0 Å². The molecule has 1 unspecified atom stereocenters. The van der Waals surface area contributed by atoms with Gasteiger partial charge in [0.15, 0.2) is 11.7 Å². The van der Waals surface area contributed by atoms with Gasteiger partial charge in [0.1, 0.15) is 0 Å². The average Bonchev–Trinajstić information content (AvgIpc) is 2.68. The number of ether oxygens (including phenoxy) is 2. The van der Waals surface area contributed by atoms with Gasteiger partial charge in [0.2, 0.25) is 0 Å². The van der Waals surface area contributed by atoms with Gasteiger partial charge in [-0.2, -0.15) is 0 Å². The Kier molecular flexibility index (Phi) is 6.37. The normalized spacial score (nSPS) is 11.3. The summed E-state index contributed by atoms with van der Waals surface area (Å²) in [4.78, 5) is 47.8. The molecule has 0 fully saturated rings. The van der Waals surface area contributed by atoms with E-state index in [9.17, 15) is 24.5 Å². The SMILES string of the molecule is CCOC(=O)C(C(=O)c1ccccc1)c1ccc(C(=O)OC)cc1[N+](=O)[O-]. The Morgan fingerprint density at radius 2 is 1.74 bits per heavy atom. The fourth-order valence-electron chi connectivity index (χ4n) is 2.56. The van der Waals surface area contributed by atoms with E-state index in [1.165, 1.54) is 24.3 Å². The fourth-order valence-corrected chi connectivity index (χ4v) is 2.56. The van der Waals surface area contributed by atoms with Crippen LogP contribution >= 0.6 is 0 Å². The van der Waals surface area contributed by atoms with Gasteiger partial charge >= 0.3 is 11.9 Å². The van der Waals surface area contributed by atoms with E-state index in [2.05, 4.69) is 4.74 Å². The summed E-state index contributed by atoms with van der Waals surface area (Å²) >= 11 is 0. The smallest absolute Gasteiger partial charge is 0.338 e. The third kappa shape index (κ3) is 4.35. The highest BCUT2D eigenvalue weighted by molar-refractivity contribution is 6.13. The quantitative estimate of drug-likeness (QED) is 0.242. The molecule has 2 aromatic rings. The fraction of sp³-hybridized carbons (Fsp3) is 0.211. The van der Waals surface area contributed by atoms with E-state index in [4.69, 9.17) is 4.74 Å². The molecule has 0 saturated carbocycles. The van der Waals surface area contributed by atoms with Crippen LogP contribution in [-0.4, -0.2) is 36.4 Å². The standard InChI is InChI=1S/C19H17NO7/c1-3-27-19(23)16(17(21)12-7-5-4-6-8-12)14-10-9-13(18(22)26-2)11-15(14)20(24)25/h4-11,16H,3H2,1-2H3. The lowest BCUT2D eigenvalue weighted by Gasteiger charge is -2.15. The first-order valence-electron chi connectivity index (χ1n) is 8.03. The molecule has 0 aliphatic carbocycles. The molecule has 0 spiro atoms. The summed E-state index contributed by atoms with van der Waals surface area (Å²) in [5.74, 6) is -3.84. The van der Waals surface area contributed by atoms with Crippen LogP contribution in [0.25, 0.3) is 0 Å². The number of ketones is 1. The number of esters is 2. The molecular weight excluding hydrogens is 354 g/mol. The molecular formula is C19H17NO7. The Morgan fingerprint density at radius 3 is 2.30 bits per heavy atom. The molecule has 1 atom stereocenters. The molecule has 0 amide bonds. The number of rotatable bonds is 7. The molecule has 2 rings (SSSR count). The second-order valence-corrected chi connectivity index (χ2v) is 5.44. The molecule has 0 aliphatic heterocycles. The van der Waals surface area contributed by atoms with E-state index in [0.717, 1.165) is 13.2 Å². The van der Waals surface area contributed by atoms with Gasteiger partial charge in [0.25, 0.3) is 5.69 Å². The Balaban J connectivity index is 2.61. The Hall–Kier alpha value is -3.55. The minimum absolute atomic E-state index is 0.00540. The molecule has 0 N–H and O–H groups in total.